The van der Waals surface area contributed by atoms with Gasteiger partial charge in [-0.05, 0) is 25.0 Å². The lowest BCUT2D eigenvalue weighted by Gasteiger charge is -2.08. The highest BCUT2D eigenvalue weighted by atomic mass is 32.2. The van der Waals surface area contributed by atoms with Crippen LogP contribution in [0.15, 0.2) is 46.9 Å². The molecule has 3 aromatic heterocycles. The maximum absolute atomic E-state index is 12.8. The summed E-state index contributed by atoms with van der Waals surface area (Å²) < 4.78 is 6.92. The summed E-state index contributed by atoms with van der Waals surface area (Å²) >= 11 is 4.36. The van der Waals surface area contributed by atoms with E-state index in [2.05, 4.69) is 33.9 Å². The molecular weight excluding hydrogens is 488 g/mol. The smallest absolute Gasteiger partial charge is 0.341 e. The molecule has 0 bridgehead atoms. The molecule has 7 nitrogen and oxygen atoms in total. The Morgan fingerprint density at radius 3 is 2.62 bits per heavy atom. The Morgan fingerprint density at radius 1 is 1.18 bits per heavy atom. The number of anilines is 1. The number of hydrogen-bond acceptors (Lipinski definition) is 8. The number of methoxy groups -OCH3 is 1. The molecule has 0 aliphatic rings. The van der Waals surface area contributed by atoms with Crippen LogP contribution in [0, 0.1) is 6.92 Å². The van der Waals surface area contributed by atoms with Gasteiger partial charge in [-0.3, -0.25) is 4.79 Å². The number of nitrogens with one attached hydrogen (secondary N) is 1. The lowest BCUT2D eigenvalue weighted by molar-refractivity contribution is -0.113. The molecule has 0 spiro atoms. The second kappa shape index (κ2) is 10.5. The second-order valence-electron chi connectivity index (χ2n) is 7.45. The van der Waals surface area contributed by atoms with Crippen LogP contribution in [-0.2, 0) is 23.0 Å². The van der Waals surface area contributed by atoms with Crippen molar-refractivity contribution in [2.45, 2.75) is 25.4 Å². The first-order valence-electron chi connectivity index (χ1n) is 10.6. The molecular formula is C24H24N4O3S3. The number of amides is 1. The fraction of sp³-hybridized carbons (Fsp3) is 0.250. The Labute approximate surface area is 210 Å². The van der Waals surface area contributed by atoms with Crippen molar-refractivity contribution in [2.75, 3.05) is 18.2 Å². The van der Waals surface area contributed by atoms with E-state index in [4.69, 9.17) is 4.74 Å². The number of carbonyl (C=O) groups is 2. The molecule has 0 atom stereocenters. The van der Waals surface area contributed by atoms with Gasteiger partial charge in [-0.25, -0.2) is 4.79 Å². The highest BCUT2D eigenvalue weighted by Gasteiger charge is 2.25. The minimum absolute atomic E-state index is 0.133. The summed E-state index contributed by atoms with van der Waals surface area (Å²) in [5.74, 6) is 0.192. The number of rotatable bonds is 8. The summed E-state index contributed by atoms with van der Waals surface area (Å²) in [6, 6.07) is 11.7. The molecule has 0 radical (unpaired) electrons. The third kappa shape index (κ3) is 4.94. The molecule has 0 unspecified atom stereocenters. The number of benzene rings is 1. The molecule has 176 valence electrons. The lowest BCUT2D eigenvalue weighted by atomic mass is 10.0. The number of aromatic nitrogens is 3. The van der Waals surface area contributed by atoms with E-state index in [0.29, 0.717) is 15.7 Å². The maximum atomic E-state index is 12.8. The van der Waals surface area contributed by atoms with Gasteiger partial charge in [-0.1, -0.05) is 49.0 Å². The Balaban J connectivity index is 1.50. The molecule has 4 rings (SSSR count). The molecule has 4 aromatic rings. The third-order valence-corrected chi connectivity index (χ3v) is 8.34. The van der Waals surface area contributed by atoms with Gasteiger partial charge in [0.1, 0.15) is 10.6 Å². The quantitative estimate of drug-likeness (QED) is 0.242. The summed E-state index contributed by atoms with van der Waals surface area (Å²) in [4.78, 5) is 27.6. The highest BCUT2D eigenvalue weighted by molar-refractivity contribution is 7.99. The average Bonchev–Trinajstić information content (AvgIpc) is 3.54. The number of esters is 1. The van der Waals surface area contributed by atoms with Gasteiger partial charge in [0.2, 0.25) is 5.91 Å². The van der Waals surface area contributed by atoms with Crippen molar-refractivity contribution in [3.05, 3.63) is 57.1 Å². The van der Waals surface area contributed by atoms with E-state index in [-0.39, 0.29) is 11.7 Å². The second-order valence-corrected chi connectivity index (χ2v) is 10.6. The molecule has 0 saturated heterocycles. The van der Waals surface area contributed by atoms with Crippen LogP contribution in [0.25, 0.3) is 22.5 Å². The van der Waals surface area contributed by atoms with Crippen molar-refractivity contribution in [2.24, 2.45) is 7.05 Å². The first-order valence-corrected chi connectivity index (χ1v) is 13.3. The zero-order chi connectivity index (χ0) is 24.2. The number of ether oxygens (including phenoxy) is 1. The van der Waals surface area contributed by atoms with Crippen LogP contribution in [0.4, 0.5) is 5.00 Å². The fourth-order valence-corrected chi connectivity index (χ4v) is 6.16. The van der Waals surface area contributed by atoms with Gasteiger partial charge in [0, 0.05) is 33.3 Å². The number of aryl methyl sites for hydroxylation is 2. The van der Waals surface area contributed by atoms with Crippen LogP contribution in [0.2, 0.25) is 0 Å². The first kappa shape index (κ1) is 24.2. The van der Waals surface area contributed by atoms with Crippen LogP contribution in [-0.4, -0.2) is 39.5 Å². The van der Waals surface area contributed by atoms with Gasteiger partial charge >= 0.3 is 5.97 Å². The number of thioether (sulfide) groups is 1. The van der Waals surface area contributed by atoms with E-state index < -0.39 is 5.97 Å². The van der Waals surface area contributed by atoms with Crippen LogP contribution >= 0.6 is 34.4 Å². The fourth-order valence-electron chi connectivity index (χ4n) is 3.55. The van der Waals surface area contributed by atoms with Crippen molar-refractivity contribution in [1.29, 1.82) is 0 Å². The summed E-state index contributed by atoms with van der Waals surface area (Å²) in [6.45, 7) is 4.05. The van der Waals surface area contributed by atoms with Gasteiger partial charge < -0.3 is 14.6 Å². The Morgan fingerprint density at radius 2 is 1.94 bits per heavy atom. The van der Waals surface area contributed by atoms with Gasteiger partial charge in [-0.2, -0.15) is 0 Å². The third-order valence-electron chi connectivity index (χ3n) is 5.22. The Bertz CT molecular complexity index is 1320. The Hall–Kier alpha value is -2.95. The Kier molecular flexibility index (Phi) is 7.50. The van der Waals surface area contributed by atoms with Crippen molar-refractivity contribution >= 4 is 51.3 Å². The van der Waals surface area contributed by atoms with E-state index in [1.165, 1.54) is 35.1 Å². The average molecular weight is 513 g/mol. The number of hydrogen-bond donors (Lipinski definition) is 1. The van der Waals surface area contributed by atoms with Crippen molar-refractivity contribution in [1.82, 2.24) is 14.8 Å². The zero-order valence-corrected chi connectivity index (χ0v) is 21.7. The van der Waals surface area contributed by atoms with Gasteiger partial charge in [0.15, 0.2) is 11.0 Å². The SMILES string of the molecule is CCc1cc(-c2nnc(SCC(=O)Nc3sc(C)c(-c4ccccc4)c3C(=O)OC)n2C)cs1. The normalized spacial score (nSPS) is 10.9. The summed E-state index contributed by atoms with van der Waals surface area (Å²) in [6.07, 6.45) is 0.978. The van der Waals surface area contributed by atoms with Gasteiger partial charge in [-0.15, -0.1) is 32.9 Å². The van der Waals surface area contributed by atoms with Crippen LogP contribution in [0.3, 0.4) is 0 Å². The lowest BCUT2D eigenvalue weighted by Crippen LogP contribution is -2.16. The van der Waals surface area contributed by atoms with E-state index >= 15 is 0 Å². The largest absolute Gasteiger partial charge is 0.465 e. The molecule has 0 fully saturated rings. The number of thiophene rings is 2. The number of carbonyl (C=O) groups excluding carboxylic acids is 2. The number of nitrogens with zero attached hydrogens (tertiary/aromatic N) is 3. The zero-order valence-electron chi connectivity index (χ0n) is 19.2. The minimum Gasteiger partial charge on any atom is -0.465 e. The molecule has 0 aliphatic heterocycles. The van der Waals surface area contributed by atoms with Crippen molar-refractivity contribution < 1.29 is 14.3 Å². The first-order chi connectivity index (χ1) is 16.4. The standard InChI is InChI=1S/C24H24N4O3S3/c1-5-17-11-16(12-32-17)21-26-27-24(28(21)3)33-13-18(29)25-22-20(23(30)31-4)19(14(2)34-22)15-9-7-6-8-10-15/h6-12H,5,13H2,1-4H3,(H,25,29). The molecule has 3 heterocycles. The summed E-state index contributed by atoms with van der Waals surface area (Å²) in [5.41, 5.74) is 3.08. The van der Waals surface area contributed by atoms with E-state index in [9.17, 15) is 9.59 Å². The predicted octanol–water partition coefficient (Wildman–Crippen LogP) is 5.66. The van der Waals surface area contributed by atoms with Crippen LogP contribution in [0.1, 0.15) is 27.0 Å². The van der Waals surface area contributed by atoms with Gasteiger partial charge in [0.05, 0.1) is 12.9 Å². The molecule has 1 N–H and O–H groups in total. The van der Waals surface area contributed by atoms with Crippen LogP contribution in [0.5, 0.6) is 0 Å². The monoisotopic (exact) mass is 512 g/mol. The molecule has 1 amide bonds. The predicted molar refractivity (Wildman–Crippen MR) is 139 cm³/mol. The molecule has 10 heteroatoms. The van der Waals surface area contributed by atoms with E-state index in [1.54, 1.807) is 11.3 Å². The topological polar surface area (TPSA) is 86.1 Å². The minimum atomic E-state index is -0.480. The van der Waals surface area contributed by atoms with Crippen LogP contribution < -0.4 is 5.32 Å². The van der Waals surface area contributed by atoms with E-state index in [0.717, 1.165) is 33.8 Å². The molecule has 1 aromatic carbocycles. The summed E-state index contributed by atoms with van der Waals surface area (Å²) in [5, 5.41) is 14.7. The van der Waals surface area contributed by atoms with Crippen molar-refractivity contribution in [3.8, 4) is 22.5 Å². The molecule has 0 saturated carbocycles. The van der Waals surface area contributed by atoms with Crippen molar-refractivity contribution in [3.63, 3.8) is 0 Å². The summed E-state index contributed by atoms with van der Waals surface area (Å²) in [7, 11) is 3.23. The maximum Gasteiger partial charge on any atom is 0.341 e. The highest BCUT2D eigenvalue weighted by Crippen LogP contribution is 2.40. The molecule has 34 heavy (non-hydrogen) atoms. The van der Waals surface area contributed by atoms with E-state index in [1.807, 2.05) is 48.9 Å². The molecule has 0 aliphatic carbocycles. The van der Waals surface area contributed by atoms with Gasteiger partial charge in [0.25, 0.3) is 0 Å².